The summed E-state index contributed by atoms with van der Waals surface area (Å²) in [4.78, 5) is 11.0. The van der Waals surface area contributed by atoms with Crippen LogP contribution in [0.4, 0.5) is 0 Å². The van der Waals surface area contributed by atoms with Crippen LogP contribution < -0.4 is 9.47 Å². The van der Waals surface area contributed by atoms with E-state index >= 15 is 0 Å². The zero-order valence-electron chi connectivity index (χ0n) is 9.34. The lowest BCUT2D eigenvalue weighted by Crippen LogP contribution is -2.26. The molecule has 2 rings (SSSR count). The highest BCUT2D eigenvalue weighted by atomic mass is 35.5. The fourth-order valence-corrected chi connectivity index (χ4v) is 1.71. The van der Waals surface area contributed by atoms with Crippen LogP contribution in [0.5, 0.6) is 11.5 Å². The fourth-order valence-electron chi connectivity index (χ4n) is 1.39. The Hall–Kier alpha value is -1.98. The third-order valence-corrected chi connectivity index (χ3v) is 2.79. The van der Waals surface area contributed by atoms with Gasteiger partial charge >= 0.3 is 5.97 Å². The molecule has 0 spiro atoms. The average molecular weight is 300 g/mol. The number of hydrogen-bond acceptors (Lipinski definition) is 3. The lowest BCUT2D eigenvalue weighted by atomic mass is 10.2. The van der Waals surface area contributed by atoms with Crippen LogP contribution in [-0.2, 0) is 0 Å². The highest BCUT2D eigenvalue weighted by Crippen LogP contribution is 2.32. The van der Waals surface area contributed by atoms with Gasteiger partial charge in [-0.3, -0.25) is 0 Å². The van der Waals surface area contributed by atoms with E-state index in [-0.39, 0.29) is 22.1 Å². The Morgan fingerprint density at radius 1 is 1.26 bits per heavy atom. The molecule has 0 unspecified atom stereocenters. The number of aromatic carboxylic acids is 1. The van der Waals surface area contributed by atoms with E-state index in [0.717, 1.165) is 12.4 Å². The Kier molecular flexibility index (Phi) is 3.78. The van der Waals surface area contributed by atoms with Crippen molar-refractivity contribution < 1.29 is 19.4 Å². The summed E-state index contributed by atoms with van der Waals surface area (Å²) in [7, 11) is 0. The van der Waals surface area contributed by atoms with Gasteiger partial charge < -0.3 is 15.1 Å². The molecule has 0 aliphatic heterocycles. The van der Waals surface area contributed by atoms with Crippen LogP contribution >= 0.6 is 23.2 Å². The van der Waals surface area contributed by atoms with E-state index in [2.05, 4.69) is 0 Å². The molecule has 1 aromatic heterocycles. The highest BCUT2D eigenvalue weighted by molar-refractivity contribution is 6.34. The van der Waals surface area contributed by atoms with Crippen LogP contribution in [-0.4, -0.2) is 11.1 Å². The van der Waals surface area contributed by atoms with Gasteiger partial charge in [0, 0.05) is 17.2 Å². The Balaban J connectivity index is 2.43. The van der Waals surface area contributed by atoms with Crippen molar-refractivity contribution >= 4 is 29.2 Å². The van der Waals surface area contributed by atoms with Gasteiger partial charge in [0.1, 0.15) is 5.75 Å². The molecule has 1 N–H and O–H groups in total. The van der Waals surface area contributed by atoms with Crippen molar-refractivity contribution in [1.82, 2.24) is 0 Å². The van der Waals surface area contributed by atoms with Gasteiger partial charge in [0.05, 0.1) is 5.02 Å². The second-order valence-electron chi connectivity index (χ2n) is 3.56. The quantitative estimate of drug-likeness (QED) is 0.698. The number of hydrogen-bond donors (Lipinski definition) is 1. The summed E-state index contributed by atoms with van der Waals surface area (Å²) in [6.45, 7) is 0. The van der Waals surface area contributed by atoms with Gasteiger partial charge in [-0.1, -0.05) is 23.2 Å². The van der Waals surface area contributed by atoms with Crippen molar-refractivity contribution in [3.05, 3.63) is 57.5 Å². The number of ether oxygens (including phenoxy) is 1. The summed E-state index contributed by atoms with van der Waals surface area (Å²) >= 11 is 11.7. The molecule has 0 atom stereocenters. The van der Waals surface area contributed by atoms with Crippen molar-refractivity contribution in [2.24, 2.45) is 0 Å². The van der Waals surface area contributed by atoms with Gasteiger partial charge in [-0.25, -0.2) is 4.79 Å². The number of aromatic nitrogens is 1. The lowest BCUT2D eigenvalue weighted by Gasteiger charge is -2.09. The van der Waals surface area contributed by atoms with Crippen LogP contribution in [0.3, 0.4) is 0 Å². The average Bonchev–Trinajstić information content (AvgIpc) is 2.35. The minimum absolute atomic E-state index is 0.00349. The van der Waals surface area contributed by atoms with E-state index in [1.165, 1.54) is 18.2 Å². The molecule has 0 fully saturated rings. The molecule has 19 heavy (non-hydrogen) atoms. The molecule has 1 heterocycles. The summed E-state index contributed by atoms with van der Waals surface area (Å²) in [5.74, 6) is -1.07. The first-order valence-corrected chi connectivity index (χ1v) is 5.82. The van der Waals surface area contributed by atoms with Crippen molar-refractivity contribution in [3.8, 4) is 11.5 Å². The van der Waals surface area contributed by atoms with Crippen LogP contribution in [0.25, 0.3) is 0 Å². The van der Waals surface area contributed by atoms with Gasteiger partial charge in [0.2, 0.25) is 0 Å². The monoisotopic (exact) mass is 299 g/mol. The van der Waals surface area contributed by atoms with E-state index in [0.29, 0.717) is 9.75 Å². The minimum atomic E-state index is -1.28. The number of carboxylic acid groups (broad SMARTS) is 1. The molecule has 7 heteroatoms. The van der Waals surface area contributed by atoms with Crippen molar-refractivity contribution in [1.29, 1.82) is 0 Å². The molecular weight excluding hydrogens is 293 g/mol. The summed E-state index contributed by atoms with van der Waals surface area (Å²) in [5.41, 5.74) is -0.270. The number of rotatable bonds is 3. The SMILES string of the molecule is O=C(O)c1c[n+]([O-])ccc1Oc1cc(Cl)ccc1Cl. The topological polar surface area (TPSA) is 73.5 Å². The van der Waals surface area contributed by atoms with E-state index in [1.807, 2.05) is 0 Å². The Bertz CT molecular complexity index is 646. The van der Waals surface area contributed by atoms with Crippen molar-refractivity contribution in [2.45, 2.75) is 0 Å². The molecule has 0 saturated heterocycles. The van der Waals surface area contributed by atoms with Crippen LogP contribution in [0.1, 0.15) is 10.4 Å². The molecule has 0 amide bonds. The number of carbonyl (C=O) groups is 1. The van der Waals surface area contributed by atoms with Gasteiger partial charge in [-0.2, -0.15) is 4.73 Å². The molecule has 2 aromatic rings. The number of benzene rings is 1. The molecule has 0 radical (unpaired) electrons. The van der Waals surface area contributed by atoms with Crippen LogP contribution in [0, 0.1) is 5.21 Å². The van der Waals surface area contributed by atoms with Gasteiger partial charge in [0.25, 0.3) is 0 Å². The van der Waals surface area contributed by atoms with E-state index in [9.17, 15) is 10.0 Å². The van der Waals surface area contributed by atoms with E-state index in [4.69, 9.17) is 33.0 Å². The summed E-state index contributed by atoms with van der Waals surface area (Å²) in [6, 6.07) is 5.79. The van der Waals surface area contributed by atoms with Gasteiger partial charge in [-0.05, 0) is 12.1 Å². The zero-order chi connectivity index (χ0) is 14.0. The largest absolute Gasteiger partial charge is 0.619 e. The standard InChI is InChI=1S/C12H7Cl2NO4/c13-7-1-2-9(14)11(5-7)19-10-3-4-15(18)6-8(10)12(16)17/h1-6H,(H,16,17). The molecule has 5 nitrogen and oxygen atoms in total. The first kappa shape index (κ1) is 13.5. The highest BCUT2D eigenvalue weighted by Gasteiger charge is 2.17. The summed E-state index contributed by atoms with van der Waals surface area (Å²) in [6.07, 6.45) is 2.02. The molecule has 0 saturated carbocycles. The maximum absolute atomic E-state index is 11.1. The second kappa shape index (κ2) is 5.34. The Labute approximate surface area is 118 Å². The maximum Gasteiger partial charge on any atom is 0.345 e. The first-order valence-electron chi connectivity index (χ1n) is 5.06. The predicted molar refractivity (Wildman–Crippen MR) is 68.9 cm³/mol. The second-order valence-corrected chi connectivity index (χ2v) is 4.41. The number of halogens is 2. The first-order chi connectivity index (χ1) is 8.97. The molecule has 0 aliphatic rings. The lowest BCUT2D eigenvalue weighted by molar-refractivity contribution is -0.605. The molecule has 1 aromatic carbocycles. The van der Waals surface area contributed by atoms with Gasteiger partial charge in [0.15, 0.2) is 23.7 Å². The molecule has 0 bridgehead atoms. The third-order valence-electron chi connectivity index (χ3n) is 2.24. The number of nitrogens with zero attached hydrogens (tertiary/aromatic N) is 1. The maximum atomic E-state index is 11.1. The molecule has 98 valence electrons. The van der Waals surface area contributed by atoms with Gasteiger partial charge in [-0.15, -0.1) is 0 Å². The van der Waals surface area contributed by atoms with Crippen LogP contribution in [0.2, 0.25) is 10.0 Å². The molecular formula is C12H7Cl2NO4. The molecule has 0 aliphatic carbocycles. The smallest absolute Gasteiger partial charge is 0.345 e. The van der Waals surface area contributed by atoms with E-state index < -0.39 is 5.97 Å². The zero-order valence-corrected chi connectivity index (χ0v) is 10.9. The predicted octanol–water partition coefficient (Wildman–Crippen LogP) is 3.12. The third kappa shape index (κ3) is 3.07. The Morgan fingerprint density at radius 3 is 2.68 bits per heavy atom. The summed E-state index contributed by atoms with van der Waals surface area (Å²) in [5, 5.41) is 20.7. The number of carboxylic acids is 1. The van der Waals surface area contributed by atoms with E-state index in [1.54, 1.807) is 6.07 Å². The number of pyridine rings is 1. The fraction of sp³-hybridized carbons (Fsp3) is 0. The van der Waals surface area contributed by atoms with Crippen LogP contribution in [0.15, 0.2) is 36.7 Å². The minimum Gasteiger partial charge on any atom is -0.619 e. The summed E-state index contributed by atoms with van der Waals surface area (Å²) < 4.78 is 5.76. The Morgan fingerprint density at radius 2 is 2.00 bits per heavy atom. The van der Waals surface area contributed by atoms with Crippen molar-refractivity contribution in [2.75, 3.05) is 0 Å². The normalized spacial score (nSPS) is 10.2. The van der Waals surface area contributed by atoms with Crippen molar-refractivity contribution in [3.63, 3.8) is 0 Å².